The molecule has 0 aromatic rings. The van der Waals surface area contributed by atoms with E-state index in [2.05, 4.69) is 6.58 Å². The van der Waals surface area contributed by atoms with Crippen molar-refractivity contribution in [2.45, 2.75) is 32.3 Å². The number of rotatable bonds is 2. The van der Waals surface area contributed by atoms with Crippen molar-refractivity contribution in [2.75, 3.05) is 0 Å². The molecule has 0 saturated carbocycles. The third-order valence-corrected chi connectivity index (χ3v) is 1.90. The lowest BCUT2D eigenvalue weighted by molar-refractivity contribution is -0.148. The van der Waals surface area contributed by atoms with Crippen LogP contribution in [-0.4, -0.2) is 11.6 Å². The zero-order chi connectivity index (χ0) is 8.48. The van der Waals surface area contributed by atoms with Crippen molar-refractivity contribution in [1.29, 1.82) is 0 Å². The molecule has 1 unspecified atom stereocenters. The maximum absolute atomic E-state index is 11.1. The van der Waals surface area contributed by atoms with Gasteiger partial charge in [0.2, 0.25) is 0 Å². The molecular formula is C9H14O2. The van der Waals surface area contributed by atoms with Gasteiger partial charge in [-0.15, -0.1) is 6.58 Å². The summed E-state index contributed by atoms with van der Waals surface area (Å²) in [5.41, 5.74) is -0.259. The zero-order valence-corrected chi connectivity index (χ0v) is 7.09. The Bertz CT molecular complexity index is 182. The standard InChI is InChI=1S/C9H14O2/c1-4-5-7-6-9(2,3)11-8(7)10/h4,7H,1,5-6H2,2-3H3. The van der Waals surface area contributed by atoms with E-state index in [4.69, 9.17) is 4.74 Å². The topological polar surface area (TPSA) is 26.3 Å². The predicted octanol–water partition coefficient (Wildman–Crippen LogP) is 1.90. The van der Waals surface area contributed by atoms with Gasteiger partial charge in [0.1, 0.15) is 5.60 Å². The van der Waals surface area contributed by atoms with Crippen LogP contribution in [0.15, 0.2) is 12.7 Å². The van der Waals surface area contributed by atoms with Crippen LogP contribution in [-0.2, 0) is 9.53 Å². The molecule has 0 N–H and O–H groups in total. The first-order chi connectivity index (χ1) is 5.05. The zero-order valence-electron chi connectivity index (χ0n) is 7.09. The molecule has 0 radical (unpaired) electrons. The molecule has 2 heteroatoms. The monoisotopic (exact) mass is 154 g/mol. The summed E-state index contributed by atoms with van der Waals surface area (Å²) in [6.45, 7) is 7.48. The van der Waals surface area contributed by atoms with E-state index in [0.717, 1.165) is 12.8 Å². The molecule has 0 amide bonds. The molecule has 0 aromatic heterocycles. The maximum Gasteiger partial charge on any atom is 0.309 e. The predicted molar refractivity (Wildman–Crippen MR) is 43.1 cm³/mol. The molecule has 1 heterocycles. The van der Waals surface area contributed by atoms with E-state index in [1.807, 2.05) is 13.8 Å². The molecule has 1 rings (SSSR count). The minimum atomic E-state index is -0.259. The van der Waals surface area contributed by atoms with Gasteiger partial charge < -0.3 is 4.74 Å². The van der Waals surface area contributed by atoms with E-state index >= 15 is 0 Å². The average molecular weight is 154 g/mol. The maximum atomic E-state index is 11.1. The Morgan fingerprint density at radius 2 is 2.45 bits per heavy atom. The first-order valence-corrected chi connectivity index (χ1v) is 3.89. The van der Waals surface area contributed by atoms with Crippen LogP contribution in [0.1, 0.15) is 26.7 Å². The Balaban J connectivity index is 2.59. The third-order valence-electron chi connectivity index (χ3n) is 1.90. The van der Waals surface area contributed by atoms with Crippen LogP contribution in [0.2, 0.25) is 0 Å². The summed E-state index contributed by atoms with van der Waals surface area (Å²) < 4.78 is 5.13. The van der Waals surface area contributed by atoms with E-state index in [1.54, 1.807) is 6.08 Å². The molecule has 1 saturated heterocycles. The lowest BCUT2D eigenvalue weighted by Gasteiger charge is -2.14. The van der Waals surface area contributed by atoms with Crippen molar-refractivity contribution >= 4 is 5.97 Å². The Morgan fingerprint density at radius 3 is 2.82 bits per heavy atom. The largest absolute Gasteiger partial charge is 0.459 e. The minimum absolute atomic E-state index is 0.0440. The Hall–Kier alpha value is -0.790. The lowest BCUT2D eigenvalue weighted by atomic mass is 9.95. The van der Waals surface area contributed by atoms with Gasteiger partial charge in [0, 0.05) is 6.42 Å². The number of hydrogen-bond acceptors (Lipinski definition) is 2. The molecule has 62 valence electrons. The van der Waals surface area contributed by atoms with E-state index < -0.39 is 0 Å². The van der Waals surface area contributed by atoms with Crippen LogP contribution in [0.3, 0.4) is 0 Å². The number of cyclic esters (lactones) is 1. The van der Waals surface area contributed by atoms with Crippen molar-refractivity contribution in [3.05, 3.63) is 12.7 Å². The summed E-state index contributed by atoms with van der Waals surface area (Å²) in [7, 11) is 0. The highest BCUT2D eigenvalue weighted by Gasteiger charge is 2.38. The van der Waals surface area contributed by atoms with Crippen molar-refractivity contribution in [2.24, 2.45) is 5.92 Å². The first-order valence-electron chi connectivity index (χ1n) is 3.89. The van der Waals surface area contributed by atoms with E-state index in [9.17, 15) is 4.79 Å². The summed E-state index contributed by atoms with van der Waals surface area (Å²) in [5, 5.41) is 0. The van der Waals surface area contributed by atoms with Gasteiger partial charge in [0.15, 0.2) is 0 Å². The lowest BCUT2D eigenvalue weighted by Crippen LogP contribution is -2.17. The fraction of sp³-hybridized carbons (Fsp3) is 0.667. The van der Waals surface area contributed by atoms with Crippen LogP contribution in [0, 0.1) is 5.92 Å². The van der Waals surface area contributed by atoms with Crippen LogP contribution >= 0.6 is 0 Å². The van der Waals surface area contributed by atoms with Crippen molar-refractivity contribution in [1.82, 2.24) is 0 Å². The molecule has 1 fully saturated rings. The summed E-state index contributed by atoms with van der Waals surface area (Å²) >= 11 is 0. The minimum Gasteiger partial charge on any atom is -0.459 e. The van der Waals surface area contributed by atoms with Crippen molar-refractivity contribution < 1.29 is 9.53 Å². The fourth-order valence-electron chi connectivity index (χ4n) is 1.45. The third kappa shape index (κ3) is 1.82. The molecule has 1 aliphatic heterocycles. The number of allylic oxidation sites excluding steroid dienone is 1. The smallest absolute Gasteiger partial charge is 0.309 e. The molecule has 0 aromatic carbocycles. The second kappa shape index (κ2) is 2.68. The number of esters is 1. The van der Waals surface area contributed by atoms with Gasteiger partial charge in [0.25, 0.3) is 0 Å². The van der Waals surface area contributed by atoms with Crippen LogP contribution in [0.4, 0.5) is 0 Å². The molecule has 11 heavy (non-hydrogen) atoms. The van der Waals surface area contributed by atoms with Crippen LogP contribution in [0.25, 0.3) is 0 Å². The van der Waals surface area contributed by atoms with Crippen molar-refractivity contribution in [3.8, 4) is 0 Å². The van der Waals surface area contributed by atoms with Crippen LogP contribution in [0.5, 0.6) is 0 Å². The van der Waals surface area contributed by atoms with Crippen LogP contribution < -0.4 is 0 Å². The van der Waals surface area contributed by atoms with Gasteiger partial charge in [-0.1, -0.05) is 6.08 Å². The summed E-state index contributed by atoms with van der Waals surface area (Å²) in [6.07, 6.45) is 3.33. The van der Waals surface area contributed by atoms with E-state index in [0.29, 0.717) is 0 Å². The number of ether oxygens (including phenoxy) is 1. The Morgan fingerprint density at radius 1 is 1.82 bits per heavy atom. The number of carbonyl (C=O) groups excluding carboxylic acids is 1. The molecule has 1 atom stereocenters. The molecule has 2 nitrogen and oxygen atoms in total. The van der Waals surface area contributed by atoms with Gasteiger partial charge in [-0.05, 0) is 20.3 Å². The highest BCUT2D eigenvalue weighted by molar-refractivity contribution is 5.75. The average Bonchev–Trinajstić information content (AvgIpc) is 2.07. The second-order valence-corrected chi connectivity index (χ2v) is 3.61. The van der Waals surface area contributed by atoms with Gasteiger partial charge >= 0.3 is 5.97 Å². The number of carbonyl (C=O) groups is 1. The summed E-state index contributed by atoms with van der Waals surface area (Å²) in [4.78, 5) is 11.1. The van der Waals surface area contributed by atoms with Gasteiger partial charge in [-0.3, -0.25) is 4.79 Å². The van der Waals surface area contributed by atoms with E-state index in [1.165, 1.54) is 0 Å². The van der Waals surface area contributed by atoms with E-state index in [-0.39, 0.29) is 17.5 Å². The molecule has 1 aliphatic rings. The number of hydrogen-bond donors (Lipinski definition) is 0. The molecule has 0 bridgehead atoms. The molecular weight excluding hydrogens is 140 g/mol. The fourth-order valence-corrected chi connectivity index (χ4v) is 1.45. The molecule has 0 spiro atoms. The Labute approximate surface area is 67.2 Å². The van der Waals surface area contributed by atoms with Gasteiger partial charge in [-0.2, -0.15) is 0 Å². The first kappa shape index (κ1) is 8.31. The quantitative estimate of drug-likeness (QED) is 0.448. The summed E-state index contributed by atoms with van der Waals surface area (Å²) in [6, 6.07) is 0. The molecule has 0 aliphatic carbocycles. The highest BCUT2D eigenvalue weighted by Crippen LogP contribution is 2.32. The van der Waals surface area contributed by atoms with Gasteiger partial charge in [0.05, 0.1) is 5.92 Å². The SMILES string of the molecule is C=CCC1CC(C)(C)OC1=O. The Kier molecular flexibility index (Phi) is 2.03. The normalized spacial score (nSPS) is 28.2. The van der Waals surface area contributed by atoms with Crippen molar-refractivity contribution in [3.63, 3.8) is 0 Å². The highest BCUT2D eigenvalue weighted by atomic mass is 16.6. The second-order valence-electron chi connectivity index (χ2n) is 3.61. The van der Waals surface area contributed by atoms with Gasteiger partial charge in [-0.25, -0.2) is 0 Å². The summed E-state index contributed by atoms with van der Waals surface area (Å²) in [5.74, 6) is -0.0302.